The molecular formula is C15H18N4OS. The average molecular weight is 302 g/mol. The van der Waals surface area contributed by atoms with Crippen LogP contribution in [0.25, 0.3) is 0 Å². The Labute approximate surface area is 127 Å². The molecule has 3 rings (SSSR count). The van der Waals surface area contributed by atoms with Gasteiger partial charge in [-0.2, -0.15) is 0 Å². The van der Waals surface area contributed by atoms with Crippen molar-refractivity contribution in [1.29, 1.82) is 0 Å². The number of hydrogen-bond donors (Lipinski definition) is 1. The Kier molecular flexibility index (Phi) is 4.26. The Hall–Kier alpha value is -1.79. The third-order valence-corrected chi connectivity index (χ3v) is 4.62. The van der Waals surface area contributed by atoms with Crippen molar-refractivity contribution in [2.45, 2.75) is 25.3 Å². The molecule has 1 saturated heterocycles. The Morgan fingerprint density at radius 2 is 2.43 bits per heavy atom. The van der Waals surface area contributed by atoms with Gasteiger partial charge < -0.3 is 10.6 Å². The first-order chi connectivity index (χ1) is 10.3. The monoisotopic (exact) mass is 302 g/mol. The number of aromatic nitrogens is 2. The number of nitrogens with two attached hydrogens (primary N) is 1. The van der Waals surface area contributed by atoms with E-state index in [0.717, 1.165) is 36.4 Å². The average Bonchev–Trinajstić information content (AvgIpc) is 3.17. The summed E-state index contributed by atoms with van der Waals surface area (Å²) in [6, 6.07) is 4.06. The topological polar surface area (TPSA) is 72.1 Å². The minimum Gasteiger partial charge on any atom is -0.330 e. The van der Waals surface area contributed by atoms with E-state index in [0.29, 0.717) is 12.2 Å². The van der Waals surface area contributed by atoms with Gasteiger partial charge in [0.05, 0.1) is 11.0 Å². The molecule has 1 aliphatic rings. The molecule has 5 nitrogen and oxygen atoms in total. The fraction of sp³-hybridized carbons (Fsp3) is 0.400. The first-order valence-corrected chi connectivity index (χ1v) is 8.03. The van der Waals surface area contributed by atoms with Crippen LogP contribution in [0.3, 0.4) is 0 Å². The van der Waals surface area contributed by atoms with Gasteiger partial charge in [0.2, 0.25) is 0 Å². The molecule has 2 N–H and O–H groups in total. The van der Waals surface area contributed by atoms with Gasteiger partial charge in [-0.3, -0.25) is 9.78 Å². The summed E-state index contributed by atoms with van der Waals surface area (Å²) in [5, 5.41) is 2.77. The summed E-state index contributed by atoms with van der Waals surface area (Å²) in [6.45, 7) is 1.34. The second-order valence-electron chi connectivity index (χ2n) is 5.11. The zero-order valence-corrected chi connectivity index (χ0v) is 12.6. The van der Waals surface area contributed by atoms with Gasteiger partial charge in [0.15, 0.2) is 0 Å². The Bertz CT molecular complexity index is 613. The van der Waals surface area contributed by atoms with Crippen molar-refractivity contribution in [1.82, 2.24) is 14.9 Å². The molecule has 21 heavy (non-hydrogen) atoms. The van der Waals surface area contributed by atoms with Gasteiger partial charge in [-0.25, -0.2) is 4.98 Å². The lowest BCUT2D eigenvalue weighted by atomic mass is 10.1. The molecule has 1 atom stereocenters. The number of carbonyl (C=O) groups excluding carboxylic acids is 1. The molecule has 0 aliphatic carbocycles. The van der Waals surface area contributed by atoms with E-state index in [4.69, 9.17) is 5.73 Å². The van der Waals surface area contributed by atoms with Crippen LogP contribution in [-0.2, 0) is 6.42 Å². The lowest BCUT2D eigenvalue weighted by Crippen LogP contribution is -2.30. The first-order valence-electron chi connectivity index (χ1n) is 7.15. The molecule has 1 fully saturated rings. The van der Waals surface area contributed by atoms with E-state index in [-0.39, 0.29) is 11.9 Å². The van der Waals surface area contributed by atoms with E-state index in [2.05, 4.69) is 9.97 Å². The number of nitrogens with zero attached hydrogens (tertiary/aromatic N) is 3. The van der Waals surface area contributed by atoms with Crippen molar-refractivity contribution in [2.24, 2.45) is 5.73 Å². The number of amides is 1. The van der Waals surface area contributed by atoms with E-state index >= 15 is 0 Å². The van der Waals surface area contributed by atoms with Crippen molar-refractivity contribution < 1.29 is 4.79 Å². The van der Waals surface area contributed by atoms with Crippen LogP contribution >= 0.6 is 11.3 Å². The first kappa shape index (κ1) is 14.2. The quantitative estimate of drug-likeness (QED) is 0.938. The highest BCUT2D eigenvalue weighted by Crippen LogP contribution is 2.32. The summed E-state index contributed by atoms with van der Waals surface area (Å²) in [5.41, 5.74) is 7.17. The maximum atomic E-state index is 12.7. The van der Waals surface area contributed by atoms with Crippen molar-refractivity contribution in [2.75, 3.05) is 13.1 Å². The van der Waals surface area contributed by atoms with E-state index < -0.39 is 0 Å². The summed E-state index contributed by atoms with van der Waals surface area (Å²) in [4.78, 5) is 23.1. The van der Waals surface area contributed by atoms with E-state index in [1.165, 1.54) is 11.3 Å². The molecule has 0 saturated carbocycles. The summed E-state index contributed by atoms with van der Waals surface area (Å²) in [5.74, 6) is 0.0147. The molecule has 0 aromatic carbocycles. The smallest absolute Gasteiger partial charge is 0.273 e. The van der Waals surface area contributed by atoms with Gasteiger partial charge in [0.25, 0.3) is 5.91 Å². The summed E-state index contributed by atoms with van der Waals surface area (Å²) in [7, 11) is 0. The van der Waals surface area contributed by atoms with Crippen molar-refractivity contribution in [3.63, 3.8) is 0 Å². The number of rotatable bonds is 4. The van der Waals surface area contributed by atoms with Gasteiger partial charge >= 0.3 is 0 Å². The fourth-order valence-electron chi connectivity index (χ4n) is 2.72. The second-order valence-corrected chi connectivity index (χ2v) is 6.05. The number of thiazole rings is 1. The third kappa shape index (κ3) is 2.96. The second kappa shape index (κ2) is 6.32. The van der Waals surface area contributed by atoms with Crippen molar-refractivity contribution in [3.8, 4) is 0 Å². The number of carbonyl (C=O) groups is 1. The van der Waals surface area contributed by atoms with Crippen LogP contribution in [0.4, 0.5) is 0 Å². The lowest BCUT2D eigenvalue weighted by Gasteiger charge is -2.24. The van der Waals surface area contributed by atoms with Gasteiger partial charge in [-0.05, 0) is 31.0 Å². The highest BCUT2D eigenvalue weighted by Gasteiger charge is 2.31. The SMILES string of the molecule is NCCc1nc(C(=O)N2CCCC2c2cccnc2)cs1. The molecule has 1 unspecified atom stereocenters. The maximum Gasteiger partial charge on any atom is 0.273 e. The standard InChI is InChI=1S/C15H18N4OS/c16-6-5-14-18-12(10-21-14)15(20)19-8-2-4-13(19)11-3-1-7-17-9-11/h1,3,7,9-10,13H,2,4-6,8,16H2. The molecule has 0 bridgehead atoms. The predicted molar refractivity (Wildman–Crippen MR) is 82.1 cm³/mol. The molecule has 2 aromatic rings. The van der Waals surface area contributed by atoms with Crippen LogP contribution < -0.4 is 5.73 Å². The van der Waals surface area contributed by atoms with Gasteiger partial charge in [0, 0.05) is 30.7 Å². The number of pyridine rings is 1. The third-order valence-electron chi connectivity index (χ3n) is 3.71. The number of hydrogen-bond acceptors (Lipinski definition) is 5. The Balaban J connectivity index is 1.79. The minimum absolute atomic E-state index is 0.0147. The molecule has 1 amide bonds. The van der Waals surface area contributed by atoms with Crippen LogP contribution in [0.15, 0.2) is 29.9 Å². The molecular weight excluding hydrogens is 284 g/mol. The summed E-state index contributed by atoms with van der Waals surface area (Å²) >= 11 is 1.51. The molecule has 6 heteroatoms. The van der Waals surface area contributed by atoms with Crippen LogP contribution in [0, 0.1) is 0 Å². The summed E-state index contributed by atoms with van der Waals surface area (Å²) in [6.07, 6.45) is 6.33. The molecule has 110 valence electrons. The van der Waals surface area contributed by atoms with Crippen LogP contribution in [0.5, 0.6) is 0 Å². The lowest BCUT2D eigenvalue weighted by molar-refractivity contribution is 0.0730. The largest absolute Gasteiger partial charge is 0.330 e. The Morgan fingerprint density at radius 3 is 3.19 bits per heavy atom. The molecule has 1 aliphatic heterocycles. The number of likely N-dealkylation sites (tertiary alicyclic amines) is 1. The normalized spacial score (nSPS) is 18.1. The van der Waals surface area contributed by atoms with Gasteiger partial charge in [-0.15, -0.1) is 11.3 Å². The minimum atomic E-state index is 0.0147. The molecule has 0 spiro atoms. The van der Waals surface area contributed by atoms with Crippen molar-refractivity contribution >= 4 is 17.2 Å². The van der Waals surface area contributed by atoms with Gasteiger partial charge in [-0.1, -0.05) is 6.07 Å². The predicted octanol–water partition coefficient (Wildman–Crippen LogP) is 2.02. The fourth-order valence-corrected chi connectivity index (χ4v) is 3.51. The van der Waals surface area contributed by atoms with Gasteiger partial charge in [0.1, 0.15) is 5.69 Å². The highest BCUT2D eigenvalue weighted by atomic mass is 32.1. The Morgan fingerprint density at radius 1 is 1.52 bits per heavy atom. The van der Waals surface area contributed by atoms with E-state index in [1.807, 2.05) is 28.6 Å². The highest BCUT2D eigenvalue weighted by molar-refractivity contribution is 7.09. The zero-order chi connectivity index (χ0) is 14.7. The molecule has 2 aromatic heterocycles. The van der Waals surface area contributed by atoms with E-state index in [9.17, 15) is 4.79 Å². The van der Waals surface area contributed by atoms with Crippen LogP contribution in [-0.4, -0.2) is 33.9 Å². The maximum absolute atomic E-state index is 12.7. The molecule has 3 heterocycles. The summed E-state index contributed by atoms with van der Waals surface area (Å²) < 4.78 is 0. The zero-order valence-electron chi connectivity index (χ0n) is 11.7. The van der Waals surface area contributed by atoms with Crippen LogP contribution in [0.2, 0.25) is 0 Å². The van der Waals surface area contributed by atoms with Crippen LogP contribution in [0.1, 0.15) is 39.9 Å². The van der Waals surface area contributed by atoms with Crippen molar-refractivity contribution in [3.05, 3.63) is 46.2 Å². The molecule has 0 radical (unpaired) electrons. The van der Waals surface area contributed by atoms with E-state index in [1.54, 1.807) is 6.20 Å².